The van der Waals surface area contributed by atoms with Gasteiger partial charge in [-0.2, -0.15) is 0 Å². The molecule has 6 heteroatoms. The van der Waals surface area contributed by atoms with Gasteiger partial charge >= 0.3 is 0 Å². The van der Waals surface area contributed by atoms with E-state index in [1.54, 1.807) is 6.07 Å². The van der Waals surface area contributed by atoms with E-state index in [9.17, 15) is 8.78 Å². The Hall–Kier alpha value is -2.76. The van der Waals surface area contributed by atoms with Crippen LogP contribution in [0.25, 0.3) is 33.8 Å². The number of fused-ring (bicyclic) bond motifs is 2. The highest BCUT2D eigenvalue weighted by molar-refractivity contribution is 5.80. The summed E-state index contributed by atoms with van der Waals surface area (Å²) >= 11 is 0. The summed E-state index contributed by atoms with van der Waals surface area (Å²) in [6.07, 6.45) is 0. The normalized spacial score (nSPS) is 11.5. The molecule has 0 fully saturated rings. The van der Waals surface area contributed by atoms with Gasteiger partial charge in [-0.05, 0) is 12.1 Å². The molecule has 0 spiro atoms. The second-order valence-electron chi connectivity index (χ2n) is 4.36. The van der Waals surface area contributed by atoms with Gasteiger partial charge in [0.15, 0.2) is 23.0 Å². The van der Waals surface area contributed by atoms with Gasteiger partial charge < -0.3 is 9.40 Å². The van der Waals surface area contributed by atoms with E-state index in [4.69, 9.17) is 4.42 Å². The number of aromatic nitrogens is 3. The second kappa shape index (κ2) is 3.86. The van der Waals surface area contributed by atoms with E-state index in [0.717, 1.165) is 12.1 Å². The Morgan fingerprint density at radius 2 is 1.75 bits per heavy atom. The molecule has 4 rings (SSSR count). The van der Waals surface area contributed by atoms with Gasteiger partial charge in [-0.1, -0.05) is 12.1 Å². The Bertz CT molecular complexity index is 870. The number of rotatable bonds is 1. The molecule has 0 bridgehead atoms. The highest BCUT2D eigenvalue weighted by Crippen LogP contribution is 2.25. The van der Waals surface area contributed by atoms with E-state index in [0.29, 0.717) is 28.0 Å². The molecule has 0 radical (unpaired) electrons. The fourth-order valence-electron chi connectivity index (χ4n) is 2.08. The molecule has 0 amide bonds. The Morgan fingerprint density at radius 1 is 0.950 bits per heavy atom. The van der Waals surface area contributed by atoms with Gasteiger partial charge in [-0.3, -0.25) is 0 Å². The minimum absolute atomic E-state index is 0.281. The van der Waals surface area contributed by atoms with Crippen LogP contribution in [0.4, 0.5) is 8.78 Å². The van der Waals surface area contributed by atoms with Gasteiger partial charge in [0.25, 0.3) is 5.89 Å². The van der Waals surface area contributed by atoms with Crippen LogP contribution in [-0.4, -0.2) is 15.0 Å². The minimum atomic E-state index is -0.937. The van der Waals surface area contributed by atoms with Crippen LogP contribution >= 0.6 is 0 Å². The molecule has 0 aliphatic heterocycles. The Labute approximate surface area is 111 Å². The van der Waals surface area contributed by atoms with E-state index in [2.05, 4.69) is 15.0 Å². The molecule has 2 heterocycles. The first-order valence-electron chi connectivity index (χ1n) is 5.91. The Balaban J connectivity index is 1.93. The zero-order chi connectivity index (χ0) is 13.7. The monoisotopic (exact) mass is 271 g/mol. The summed E-state index contributed by atoms with van der Waals surface area (Å²) in [5, 5.41) is 0. The summed E-state index contributed by atoms with van der Waals surface area (Å²) in [5.41, 5.74) is 2.03. The molecule has 0 saturated carbocycles. The van der Waals surface area contributed by atoms with Crippen molar-refractivity contribution in [3.63, 3.8) is 0 Å². The van der Waals surface area contributed by atoms with E-state index in [1.807, 2.05) is 18.2 Å². The van der Waals surface area contributed by atoms with Crippen LogP contribution in [0.5, 0.6) is 0 Å². The quantitative estimate of drug-likeness (QED) is 0.575. The average Bonchev–Trinajstić information content (AvgIpc) is 3.02. The molecule has 0 aliphatic carbocycles. The number of hydrogen-bond acceptors (Lipinski definition) is 3. The van der Waals surface area contributed by atoms with Gasteiger partial charge in [-0.25, -0.2) is 18.7 Å². The van der Waals surface area contributed by atoms with Crippen molar-refractivity contribution in [3.05, 3.63) is 48.0 Å². The molecular weight excluding hydrogens is 264 g/mol. The molecule has 1 N–H and O–H groups in total. The molecule has 2 aromatic carbocycles. The van der Waals surface area contributed by atoms with Crippen LogP contribution in [0.2, 0.25) is 0 Å². The maximum absolute atomic E-state index is 13.2. The van der Waals surface area contributed by atoms with E-state index < -0.39 is 11.6 Å². The van der Waals surface area contributed by atoms with Gasteiger partial charge in [0, 0.05) is 12.1 Å². The zero-order valence-electron chi connectivity index (χ0n) is 10.0. The lowest BCUT2D eigenvalue weighted by molar-refractivity contribution is 0.510. The second-order valence-corrected chi connectivity index (χ2v) is 4.36. The molecule has 2 aromatic heterocycles. The van der Waals surface area contributed by atoms with Crippen LogP contribution in [0.1, 0.15) is 0 Å². The van der Waals surface area contributed by atoms with Crippen LogP contribution in [0.3, 0.4) is 0 Å². The molecule has 0 unspecified atom stereocenters. The van der Waals surface area contributed by atoms with Gasteiger partial charge in [0.05, 0.1) is 11.0 Å². The summed E-state index contributed by atoms with van der Waals surface area (Å²) in [7, 11) is 0. The van der Waals surface area contributed by atoms with E-state index >= 15 is 0 Å². The molecule has 98 valence electrons. The minimum Gasteiger partial charge on any atom is -0.434 e. The van der Waals surface area contributed by atoms with Gasteiger partial charge in [0.2, 0.25) is 0 Å². The summed E-state index contributed by atoms with van der Waals surface area (Å²) in [6, 6.07) is 9.37. The van der Waals surface area contributed by atoms with Crippen LogP contribution in [-0.2, 0) is 0 Å². The first-order valence-corrected chi connectivity index (χ1v) is 5.91. The molecule has 0 atom stereocenters. The number of hydrogen-bond donors (Lipinski definition) is 1. The van der Waals surface area contributed by atoms with Crippen molar-refractivity contribution in [2.45, 2.75) is 0 Å². The fourth-order valence-corrected chi connectivity index (χ4v) is 2.08. The SMILES string of the molecule is Fc1cc2nc(-c3nc4ccccc4o3)[nH]c2cc1F. The van der Waals surface area contributed by atoms with Crippen molar-refractivity contribution < 1.29 is 13.2 Å². The van der Waals surface area contributed by atoms with Crippen LogP contribution in [0, 0.1) is 11.6 Å². The lowest BCUT2D eigenvalue weighted by Gasteiger charge is -1.90. The Kier molecular flexibility index (Phi) is 2.14. The van der Waals surface area contributed by atoms with Gasteiger partial charge in [-0.15, -0.1) is 0 Å². The average molecular weight is 271 g/mol. The molecule has 4 nitrogen and oxygen atoms in total. The number of benzene rings is 2. The lowest BCUT2D eigenvalue weighted by atomic mass is 10.3. The summed E-state index contributed by atoms with van der Waals surface area (Å²) in [6.45, 7) is 0. The molecule has 20 heavy (non-hydrogen) atoms. The standard InChI is InChI=1S/C14H7F2N3O/c15-7-5-10-11(6-8(7)16)18-13(17-10)14-19-9-3-1-2-4-12(9)20-14/h1-6H,(H,17,18). The topological polar surface area (TPSA) is 54.7 Å². The van der Waals surface area contributed by atoms with Gasteiger partial charge in [0.1, 0.15) is 5.52 Å². The third-order valence-corrected chi connectivity index (χ3v) is 3.02. The van der Waals surface area contributed by atoms with Crippen molar-refractivity contribution in [1.29, 1.82) is 0 Å². The maximum Gasteiger partial charge on any atom is 0.264 e. The highest BCUT2D eigenvalue weighted by atomic mass is 19.2. The molecule has 0 saturated heterocycles. The van der Waals surface area contributed by atoms with Crippen LogP contribution in [0.15, 0.2) is 40.8 Å². The predicted molar refractivity (Wildman–Crippen MR) is 69.0 cm³/mol. The van der Waals surface area contributed by atoms with E-state index in [-0.39, 0.29) is 5.89 Å². The Morgan fingerprint density at radius 3 is 2.60 bits per heavy atom. The number of imidazole rings is 1. The fraction of sp³-hybridized carbons (Fsp3) is 0. The number of oxazole rings is 1. The van der Waals surface area contributed by atoms with Crippen molar-refractivity contribution >= 4 is 22.1 Å². The molecule has 0 aliphatic rings. The van der Waals surface area contributed by atoms with Crippen molar-refractivity contribution in [2.75, 3.05) is 0 Å². The zero-order valence-corrected chi connectivity index (χ0v) is 10.0. The number of nitrogens with zero attached hydrogens (tertiary/aromatic N) is 2. The molecular formula is C14H7F2N3O. The smallest absolute Gasteiger partial charge is 0.264 e. The number of para-hydroxylation sites is 2. The summed E-state index contributed by atoms with van der Waals surface area (Å²) in [4.78, 5) is 11.3. The highest BCUT2D eigenvalue weighted by Gasteiger charge is 2.14. The first kappa shape index (κ1) is 11.1. The number of aromatic amines is 1. The summed E-state index contributed by atoms with van der Waals surface area (Å²) in [5.74, 6) is -1.25. The maximum atomic E-state index is 13.2. The van der Waals surface area contributed by atoms with Crippen molar-refractivity contribution in [2.24, 2.45) is 0 Å². The van der Waals surface area contributed by atoms with E-state index in [1.165, 1.54) is 0 Å². The number of halogens is 2. The largest absolute Gasteiger partial charge is 0.434 e. The third-order valence-electron chi connectivity index (χ3n) is 3.02. The first-order chi connectivity index (χ1) is 9.70. The number of nitrogens with one attached hydrogen (secondary N) is 1. The molecule has 4 aromatic rings. The lowest BCUT2D eigenvalue weighted by Crippen LogP contribution is -1.82. The van der Waals surface area contributed by atoms with Crippen molar-refractivity contribution in [1.82, 2.24) is 15.0 Å². The van der Waals surface area contributed by atoms with Crippen molar-refractivity contribution in [3.8, 4) is 11.7 Å². The number of H-pyrrole nitrogens is 1. The predicted octanol–water partition coefficient (Wildman–Crippen LogP) is 3.65. The van der Waals surface area contributed by atoms with Crippen LogP contribution < -0.4 is 0 Å². The summed E-state index contributed by atoms with van der Waals surface area (Å²) < 4.78 is 31.9. The third kappa shape index (κ3) is 1.58.